The van der Waals surface area contributed by atoms with Gasteiger partial charge in [-0.3, -0.25) is 4.79 Å². The second kappa shape index (κ2) is 5.03. The predicted octanol–water partition coefficient (Wildman–Crippen LogP) is 3.21. The van der Waals surface area contributed by atoms with Crippen LogP contribution in [-0.4, -0.2) is 13.1 Å². The van der Waals surface area contributed by atoms with Crippen LogP contribution in [0.3, 0.4) is 0 Å². The molecule has 0 aromatic heterocycles. The lowest BCUT2D eigenvalue weighted by Gasteiger charge is -2.07. The highest BCUT2D eigenvalue weighted by atomic mass is 79.9. The quantitative estimate of drug-likeness (QED) is 0.609. The van der Waals surface area contributed by atoms with Crippen LogP contribution < -0.4 is 0 Å². The van der Waals surface area contributed by atoms with Gasteiger partial charge in [0.2, 0.25) is 0 Å². The van der Waals surface area contributed by atoms with Crippen LogP contribution in [0.25, 0.3) is 0 Å². The van der Waals surface area contributed by atoms with E-state index in [1.54, 1.807) is 0 Å². The fourth-order valence-electron chi connectivity index (χ4n) is 0.994. The van der Waals surface area contributed by atoms with Gasteiger partial charge >= 0.3 is 5.97 Å². The van der Waals surface area contributed by atoms with Crippen LogP contribution in [0.2, 0.25) is 0 Å². The van der Waals surface area contributed by atoms with Crippen LogP contribution in [0.15, 0.2) is 15.0 Å². The number of hydrogen-bond acceptors (Lipinski definition) is 2. The molecule has 1 rings (SSSR count). The number of ether oxygens (including phenoxy) is 1. The van der Waals surface area contributed by atoms with Crippen molar-refractivity contribution in [1.29, 1.82) is 0 Å². The molecule has 0 unspecified atom stereocenters. The van der Waals surface area contributed by atoms with Crippen LogP contribution in [0.1, 0.15) is 5.56 Å². The van der Waals surface area contributed by atoms with Crippen molar-refractivity contribution in [1.82, 2.24) is 0 Å². The maximum absolute atomic E-state index is 13.4. The van der Waals surface area contributed by atoms with Crippen molar-refractivity contribution >= 4 is 37.8 Å². The Kier molecular flexibility index (Phi) is 4.21. The highest BCUT2D eigenvalue weighted by Gasteiger charge is 2.19. The van der Waals surface area contributed by atoms with E-state index >= 15 is 0 Å². The number of hydrogen-bond donors (Lipinski definition) is 0. The summed E-state index contributed by atoms with van der Waals surface area (Å²) in [4.78, 5) is 10.9. The third-order valence-electron chi connectivity index (χ3n) is 1.75. The van der Waals surface area contributed by atoms with Gasteiger partial charge in [0.25, 0.3) is 0 Å². The van der Waals surface area contributed by atoms with Crippen molar-refractivity contribution in [3.8, 4) is 0 Å². The summed E-state index contributed by atoms with van der Waals surface area (Å²) in [6.07, 6.45) is -0.438. The predicted molar refractivity (Wildman–Crippen MR) is 57.5 cm³/mol. The molecule has 6 heteroatoms. The van der Waals surface area contributed by atoms with E-state index in [9.17, 15) is 13.6 Å². The summed E-state index contributed by atoms with van der Waals surface area (Å²) >= 11 is 5.84. The topological polar surface area (TPSA) is 26.3 Å². The molecule has 0 fully saturated rings. The van der Waals surface area contributed by atoms with Crippen molar-refractivity contribution in [3.05, 3.63) is 32.2 Å². The van der Waals surface area contributed by atoms with Gasteiger partial charge in [-0.15, -0.1) is 0 Å². The molecule has 1 aromatic rings. The Morgan fingerprint density at radius 3 is 2.20 bits per heavy atom. The zero-order valence-corrected chi connectivity index (χ0v) is 10.8. The number of benzene rings is 1. The number of carbonyl (C=O) groups excluding carboxylic acids is 1. The summed E-state index contributed by atoms with van der Waals surface area (Å²) < 4.78 is 31.4. The Bertz CT molecular complexity index is 381. The molecule has 2 nitrogen and oxygen atoms in total. The molecule has 15 heavy (non-hydrogen) atoms. The Morgan fingerprint density at radius 1 is 1.33 bits per heavy atom. The summed E-state index contributed by atoms with van der Waals surface area (Å²) in [6.45, 7) is 0. The third-order valence-corrected chi connectivity index (χ3v) is 2.91. The van der Waals surface area contributed by atoms with E-state index in [4.69, 9.17) is 0 Å². The number of esters is 1. The molecule has 0 saturated heterocycles. The van der Waals surface area contributed by atoms with Crippen LogP contribution >= 0.6 is 31.9 Å². The van der Waals surface area contributed by atoms with E-state index in [1.165, 1.54) is 6.07 Å². The molecular weight excluding hydrogens is 338 g/mol. The Hall–Kier alpha value is -0.490. The fraction of sp³-hybridized carbons (Fsp3) is 0.222. The molecule has 0 spiro atoms. The first-order chi connectivity index (χ1) is 6.97. The minimum absolute atomic E-state index is 0.0923. The van der Waals surface area contributed by atoms with Gasteiger partial charge in [0.15, 0.2) is 0 Å². The van der Waals surface area contributed by atoms with Gasteiger partial charge in [-0.1, -0.05) is 0 Å². The monoisotopic (exact) mass is 342 g/mol. The van der Waals surface area contributed by atoms with E-state index in [2.05, 4.69) is 36.6 Å². The molecule has 0 radical (unpaired) electrons. The standard InChI is InChI=1S/C9H6Br2F2O2/c1-15-7(14)2-4-8(12)5(10)3-6(11)9(4)13/h3H,2H2,1H3. The van der Waals surface area contributed by atoms with Gasteiger partial charge in [-0.25, -0.2) is 8.78 Å². The Labute approximate surface area is 102 Å². The smallest absolute Gasteiger partial charge is 0.310 e. The Morgan fingerprint density at radius 2 is 1.80 bits per heavy atom. The lowest BCUT2D eigenvalue weighted by molar-refractivity contribution is -0.139. The lowest BCUT2D eigenvalue weighted by Crippen LogP contribution is -2.09. The van der Waals surface area contributed by atoms with Crippen molar-refractivity contribution in [2.24, 2.45) is 0 Å². The first kappa shape index (κ1) is 12.6. The fourth-order valence-corrected chi connectivity index (χ4v) is 2.24. The van der Waals surface area contributed by atoms with Crippen molar-refractivity contribution in [3.63, 3.8) is 0 Å². The first-order valence-electron chi connectivity index (χ1n) is 3.86. The van der Waals surface area contributed by atoms with Crippen molar-refractivity contribution in [2.75, 3.05) is 7.11 Å². The largest absolute Gasteiger partial charge is 0.469 e. The highest BCUT2D eigenvalue weighted by molar-refractivity contribution is 9.11. The summed E-state index contributed by atoms with van der Waals surface area (Å²) in [6, 6.07) is 1.24. The Balaban J connectivity index is 3.21. The normalized spacial score (nSPS) is 10.2. The van der Waals surface area contributed by atoms with Gasteiger partial charge in [0.1, 0.15) is 11.6 Å². The maximum atomic E-state index is 13.4. The molecule has 0 atom stereocenters. The second-order valence-corrected chi connectivity index (χ2v) is 4.41. The summed E-state index contributed by atoms with van der Waals surface area (Å²) in [7, 11) is 1.16. The minimum Gasteiger partial charge on any atom is -0.469 e. The molecule has 0 aliphatic rings. The van der Waals surface area contributed by atoms with E-state index in [0.29, 0.717) is 0 Å². The molecule has 0 bridgehead atoms. The molecule has 0 aliphatic carbocycles. The van der Waals surface area contributed by atoms with E-state index in [0.717, 1.165) is 7.11 Å². The molecule has 0 saturated carbocycles. The zero-order valence-electron chi connectivity index (χ0n) is 7.61. The van der Waals surface area contributed by atoms with Gasteiger partial charge in [-0.2, -0.15) is 0 Å². The maximum Gasteiger partial charge on any atom is 0.310 e. The second-order valence-electron chi connectivity index (χ2n) is 2.70. The van der Waals surface area contributed by atoms with E-state index in [-0.39, 0.29) is 14.5 Å². The zero-order chi connectivity index (χ0) is 11.6. The molecule has 0 heterocycles. The van der Waals surface area contributed by atoms with Crippen LogP contribution in [0, 0.1) is 11.6 Å². The molecular formula is C9H6Br2F2O2. The SMILES string of the molecule is COC(=O)Cc1c(F)c(Br)cc(Br)c1F. The average molecular weight is 344 g/mol. The molecule has 0 amide bonds. The summed E-state index contributed by atoms with van der Waals surface area (Å²) in [5.41, 5.74) is -0.317. The summed E-state index contributed by atoms with van der Waals surface area (Å²) in [5.74, 6) is -2.28. The van der Waals surface area contributed by atoms with Crippen LogP contribution in [0.5, 0.6) is 0 Å². The van der Waals surface area contributed by atoms with Crippen molar-refractivity contribution in [2.45, 2.75) is 6.42 Å². The van der Waals surface area contributed by atoms with E-state index < -0.39 is 24.0 Å². The third kappa shape index (κ3) is 2.75. The number of methoxy groups -OCH3 is 1. The van der Waals surface area contributed by atoms with Gasteiger partial charge in [-0.05, 0) is 37.9 Å². The number of rotatable bonds is 2. The average Bonchev–Trinajstić information content (AvgIpc) is 2.21. The van der Waals surface area contributed by atoms with Gasteiger partial charge in [0.05, 0.1) is 22.5 Å². The minimum atomic E-state index is -0.791. The molecule has 0 N–H and O–H groups in total. The lowest BCUT2D eigenvalue weighted by atomic mass is 10.1. The number of carbonyl (C=O) groups is 1. The first-order valence-corrected chi connectivity index (χ1v) is 5.44. The van der Waals surface area contributed by atoms with Crippen LogP contribution in [-0.2, 0) is 16.0 Å². The van der Waals surface area contributed by atoms with Gasteiger partial charge in [0, 0.05) is 5.56 Å². The van der Waals surface area contributed by atoms with Crippen LogP contribution in [0.4, 0.5) is 8.78 Å². The number of halogens is 4. The highest BCUT2D eigenvalue weighted by Crippen LogP contribution is 2.28. The van der Waals surface area contributed by atoms with E-state index in [1.807, 2.05) is 0 Å². The summed E-state index contributed by atoms with van der Waals surface area (Å²) in [5, 5.41) is 0. The molecule has 82 valence electrons. The van der Waals surface area contributed by atoms with Crippen molar-refractivity contribution < 1.29 is 18.3 Å². The molecule has 1 aromatic carbocycles. The molecule has 0 aliphatic heterocycles. The van der Waals surface area contributed by atoms with Gasteiger partial charge < -0.3 is 4.74 Å².